The smallest absolute Gasteiger partial charge is 0.290 e. The molecule has 2 amide bonds. The van der Waals surface area contributed by atoms with Gasteiger partial charge >= 0.3 is 0 Å². The van der Waals surface area contributed by atoms with Gasteiger partial charge in [-0.15, -0.1) is 0 Å². The molecule has 130 valence electrons. The lowest BCUT2D eigenvalue weighted by molar-refractivity contribution is -0.125. The number of nitrogens with one attached hydrogen (secondary N) is 1. The molecular formula is C17H24N4O3. The molecule has 1 N–H and O–H groups in total. The van der Waals surface area contributed by atoms with Crippen LogP contribution in [0.1, 0.15) is 13.8 Å². The topological polar surface area (TPSA) is 74.2 Å². The average Bonchev–Trinajstić information content (AvgIpc) is 2.59. The van der Waals surface area contributed by atoms with Crippen LogP contribution < -0.4 is 10.4 Å². The first-order valence-corrected chi connectivity index (χ1v) is 8.00. The average molecular weight is 332 g/mol. The van der Waals surface area contributed by atoms with E-state index in [1.807, 2.05) is 32.0 Å². The molecule has 7 heteroatoms. The molecule has 0 unspecified atom stereocenters. The first-order chi connectivity index (χ1) is 11.5. The summed E-state index contributed by atoms with van der Waals surface area (Å²) in [5.41, 5.74) is 3.53. The molecule has 0 aliphatic carbocycles. The monoisotopic (exact) mass is 332 g/mol. The summed E-state index contributed by atoms with van der Waals surface area (Å²) >= 11 is 0. The molecule has 0 saturated heterocycles. The van der Waals surface area contributed by atoms with Gasteiger partial charge in [0.25, 0.3) is 11.8 Å². The third kappa shape index (κ3) is 4.55. The third-order valence-corrected chi connectivity index (χ3v) is 3.49. The minimum Gasteiger partial charge on any atom is -0.383 e. The highest BCUT2D eigenvalue weighted by atomic mass is 16.5. The SMILES string of the molecule is COCCN(CC(C)C)C(=O)C1=NCC(=O)N(c2ccccc2)N1. The number of amides is 2. The second kappa shape index (κ2) is 8.44. The van der Waals surface area contributed by atoms with Gasteiger partial charge < -0.3 is 9.64 Å². The molecule has 1 aliphatic heterocycles. The molecule has 0 fully saturated rings. The van der Waals surface area contributed by atoms with E-state index in [9.17, 15) is 9.59 Å². The predicted molar refractivity (Wildman–Crippen MR) is 92.7 cm³/mol. The zero-order valence-electron chi connectivity index (χ0n) is 14.4. The number of hydrogen-bond acceptors (Lipinski definition) is 5. The fraction of sp³-hybridized carbons (Fsp3) is 0.471. The molecule has 1 heterocycles. The van der Waals surface area contributed by atoms with E-state index in [0.29, 0.717) is 31.3 Å². The molecule has 0 spiro atoms. The fourth-order valence-electron chi connectivity index (χ4n) is 2.39. The molecule has 24 heavy (non-hydrogen) atoms. The number of rotatable bonds is 7. The second-order valence-electron chi connectivity index (χ2n) is 5.98. The van der Waals surface area contributed by atoms with Crippen molar-refractivity contribution in [3.05, 3.63) is 30.3 Å². The van der Waals surface area contributed by atoms with E-state index < -0.39 is 0 Å². The van der Waals surface area contributed by atoms with Gasteiger partial charge in [-0.05, 0) is 18.1 Å². The minimum absolute atomic E-state index is 0.0528. The minimum atomic E-state index is -0.228. The first-order valence-electron chi connectivity index (χ1n) is 8.00. The number of anilines is 1. The highest BCUT2D eigenvalue weighted by molar-refractivity contribution is 6.39. The van der Waals surface area contributed by atoms with Crippen molar-refractivity contribution in [3.8, 4) is 0 Å². The lowest BCUT2D eigenvalue weighted by Gasteiger charge is -2.31. The maximum Gasteiger partial charge on any atom is 0.290 e. The van der Waals surface area contributed by atoms with Gasteiger partial charge in [-0.1, -0.05) is 32.0 Å². The van der Waals surface area contributed by atoms with Crippen LogP contribution in [-0.4, -0.2) is 55.9 Å². The maximum atomic E-state index is 12.8. The summed E-state index contributed by atoms with van der Waals surface area (Å²) in [7, 11) is 1.60. The number of carbonyl (C=O) groups excluding carboxylic acids is 2. The van der Waals surface area contributed by atoms with Crippen molar-refractivity contribution in [1.29, 1.82) is 0 Å². The van der Waals surface area contributed by atoms with Crippen LogP contribution in [0.4, 0.5) is 5.69 Å². The van der Waals surface area contributed by atoms with Gasteiger partial charge in [0.15, 0.2) is 0 Å². The predicted octanol–water partition coefficient (Wildman–Crippen LogP) is 1.07. The Labute approximate surface area is 142 Å². The van der Waals surface area contributed by atoms with Crippen LogP contribution in [0.25, 0.3) is 0 Å². The number of para-hydroxylation sites is 1. The van der Waals surface area contributed by atoms with Crippen LogP contribution in [0.2, 0.25) is 0 Å². The van der Waals surface area contributed by atoms with Gasteiger partial charge in [-0.2, -0.15) is 0 Å². The summed E-state index contributed by atoms with van der Waals surface area (Å²) in [6.07, 6.45) is 0. The second-order valence-corrected chi connectivity index (χ2v) is 5.98. The Morgan fingerprint density at radius 3 is 2.71 bits per heavy atom. The van der Waals surface area contributed by atoms with Crippen LogP contribution >= 0.6 is 0 Å². The molecule has 0 aromatic heterocycles. The molecule has 0 atom stereocenters. The van der Waals surface area contributed by atoms with E-state index in [0.717, 1.165) is 0 Å². The molecule has 7 nitrogen and oxygen atoms in total. The number of ether oxygens (including phenoxy) is 1. The highest BCUT2D eigenvalue weighted by Crippen LogP contribution is 2.13. The lowest BCUT2D eigenvalue weighted by atomic mass is 10.2. The Morgan fingerprint density at radius 1 is 1.38 bits per heavy atom. The molecule has 1 aromatic carbocycles. The van der Waals surface area contributed by atoms with E-state index >= 15 is 0 Å². The van der Waals surface area contributed by atoms with Crippen LogP contribution in [0.3, 0.4) is 0 Å². The Balaban J connectivity index is 2.14. The Kier molecular flexibility index (Phi) is 6.31. The summed E-state index contributed by atoms with van der Waals surface area (Å²) in [6, 6.07) is 9.14. The number of carbonyl (C=O) groups is 2. The Bertz CT molecular complexity index is 601. The quantitative estimate of drug-likeness (QED) is 0.810. The van der Waals surface area contributed by atoms with Crippen molar-refractivity contribution in [3.63, 3.8) is 0 Å². The molecule has 2 rings (SSSR count). The van der Waals surface area contributed by atoms with Crippen molar-refractivity contribution in [1.82, 2.24) is 10.3 Å². The number of hydrazine groups is 1. The van der Waals surface area contributed by atoms with Gasteiger partial charge in [-0.25, -0.2) is 5.01 Å². The molecule has 1 aromatic rings. The summed E-state index contributed by atoms with van der Waals surface area (Å²) in [6.45, 7) is 5.57. The van der Waals surface area contributed by atoms with Gasteiger partial charge in [0.1, 0.15) is 6.54 Å². The number of methoxy groups -OCH3 is 1. The first kappa shape index (κ1) is 17.9. The Hall–Kier alpha value is -2.41. The molecule has 1 aliphatic rings. The van der Waals surface area contributed by atoms with E-state index in [-0.39, 0.29) is 24.2 Å². The van der Waals surface area contributed by atoms with Crippen molar-refractivity contribution < 1.29 is 14.3 Å². The molecular weight excluding hydrogens is 308 g/mol. The number of hydrogen-bond donors (Lipinski definition) is 1. The van der Waals surface area contributed by atoms with Crippen molar-refractivity contribution in [2.45, 2.75) is 13.8 Å². The van der Waals surface area contributed by atoms with Gasteiger partial charge in [0, 0.05) is 20.2 Å². The number of amidine groups is 1. The van der Waals surface area contributed by atoms with Crippen molar-refractivity contribution >= 4 is 23.3 Å². The summed E-state index contributed by atoms with van der Waals surface area (Å²) < 4.78 is 5.08. The molecule has 0 bridgehead atoms. The zero-order valence-corrected chi connectivity index (χ0v) is 14.4. The highest BCUT2D eigenvalue weighted by Gasteiger charge is 2.28. The third-order valence-electron chi connectivity index (χ3n) is 3.49. The Morgan fingerprint density at radius 2 is 2.08 bits per heavy atom. The largest absolute Gasteiger partial charge is 0.383 e. The van der Waals surface area contributed by atoms with Gasteiger partial charge in [0.2, 0.25) is 5.84 Å². The van der Waals surface area contributed by atoms with Crippen LogP contribution in [0, 0.1) is 5.92 Å². The lowest BCUT2D eigenvalue weighted by Crippen LogP contribution is -2.57. The maximum absolute atomic E-state index is 12.8. The molecule has 0 radical (unpaired) electrons. The van der Waals surface area contributed by atoms with Crippen LogP contribution in [0.15, 0.2) is 35.3 Å². The summed E-state index contributed by atoms with van der Waals surface area (Å²) in [5, 5.41) is 1.37. The fourth-order valence-corrected chi connectivity index (χ4v) is 2.39. The summed E-state index contributed by atoms with van der Waals surface area (Å²) in [5.74, 6) is 0.0660. The van der Waals surface area contributed by atoms with Crippen LogP contribution in [-0.2, 0) is 14.3 Å². The summed E-state index contributed by atoms with van der Waals surface area (Å²) in [4.78, 5) is 30.7. The van der Waals surface area contributed by atoms with E-state index in [2.05, 4.69) is 10.4 Å². The molecule has 0 saturated carbocycles. The van der Waals surface area contributed by atoms with Crippen molar-refractivity contribution in [2.75, 3.05) is 38.4 Å². The van der Waals surface area contributed by atoms with E-state index in [4.69, 9.17) is 4.74 Å². The van der Waals surface area contributed by atoms with Crippen molar-refractivity contribution in [2.24, 2.45) is 10.9 Å². The van der Waals surface area contributed by atoms with Gasteiger partial charge in [0.05, 0.1) is 12.3 Å². The normalized spacial score (nSPS) is 14.4. The number of nitrogens with zero attached hydrogens (tertiary/aromatic N) is 3. The number of aliphatic imine (C=N–C) groups is 1. The zero-order chi connectivity index (χ0) is 17.5. The van der Waals surface area contributed by atoms with E-state index in [1.165, 1.54) is 5.01 Å². The van der Waals surface area contributed by atoms with Gasteiger partial charge in [-0.3, -0.25) is 20.0 Å². The van der Waals surface area contributed by atoms with Crippen LogP contribution in [0.5, 0.6) is 0 Å². The number of benzene rings is 1. The van der Waals surface area contributed by atoms with E-state index in [1.54, 1.807) is 24.1 Å². The standard InChI is InChI=1S/C17H24N4O3/c1-13(2)12-20(9-10-24-3)17(23)16-18-11-15(22)21(19-16)14-7-5-4-6-8-14/h4-8,13H,9-12H2,1-3H3,(H,18,19).